The monoisotopic (exact) mass is 413 g/mol. The minimum atomic E-state index is -4.13. The van der Waals surface area contributed by atoms with Crippen LogP contribution in [0.5, 0.6) is 0 Å². The first-order valence-electron chi connectivity index (χ1n) is 8.11. The van der Waals surface area contributed by atoms with Crippen molar-refractivity contribution in [1.82, 2.24) is 4.98 Å². The molecule has 29 heavy (non-hydrogen) atoms. The van der Waals surface area contributed by atoms with Crippen LogP contribution in [-0.4, -0.2) is 19.3 Å². The third-order valence-corrected chi connectivity index (χ3v) is 5.15. The number of nitrogens with zero attached hydrogens (tertiary/aromatic N) is 1. The lowest BCUT2D eigenvalue weighted by molar-refractivity contribution is 0.1000. The molecule has 3 rings (SSSR count). The first kappa shape index (κ1) is 20.0. The van der Waals surface area contributed by atoms with Crippen molar-refractivity contribution in [1.29, 1.82) is 0 Å². The van der Waals surface area contributed by atoms with Gasteiger partial charge in [0, 0.05) is 18.0 Å². The van der Waals surface area contributed by atoms with Crippen LogP contribution in [0.15, 0.2) is 65.8 Å². The van der Waals surface area contributed by atoms with Crippen LogP contribution in [0.2, 0.25) is 0 Å². The molecule has 0 aliphatic rings. The zero-order valence-corrected chi connectivity index (χ0v) is 15.5. The molecule has 0 aliphatic heterocycles. The van der Waals surface area contributed by atoms with E-state index in [-0.39, 0.29) is 16.0 Å². The quantitative estimate of drug-likeness (QED) is 0.642. The number of amides is 1. The molecule has 0 radical (unpaired) electrons. The van der Waals surface area contributed by atoms with Crippen molar-refractivity contribution >= 4 is 21.6 Å². The van der Waals surface area contributed by atoms with Gasteiger partial charge in [0.15, 0.2) is 5.82 Å². The molecular weight excluding hydrogens is 400 g/mol. The Balaban J connectivity index is 2.01. The van der Waals surface area contributed by atoms with Gasteiger partial charge in [-0.05, 0) is 36.4 Å². The second kappa shape index (κ2) is 8.08. The maximum atomic E-state index is 14.8. The lowest BCUT2D eigenvalue weighted by atomic mass is 10.1. The maximum Gasteiger partial charge on any atom is 0.263 e. The van der Waals surface area contributed by atoms with Crippen LogP contribution in [0.1, 0.15) is 21.5 Å². The predicted octanol–water partition coefficient (Wildman–Crippen LogP) is 2.66. The topological polar surface area (TPSA) is 102 Å². The van der Waals surface area contributed by atoms with E-state index in [0.29, 0.717) is 0 Å². The molecule has 1 aromatic heterocycles. The third kappa shape index (κ3) is 4.39. The van der Waals surface area contributed by atoms with Crippen molar-refractivity contribution in [2.45, 2.75) is 4.90 Å². The number of hydrogen-bond donors (Lipinski definition) is 2. The SMILES string of the molecule is NC(=O)c1ccccc1C#Cc1c(F)ccc(NS(=O)(=O)c2cccnc2)c1F. The number of hydrogen-bond acceptors (Lipinski definition) is 4. The summed E-state index contributed by atoms with van der Waals surface area (Å²) in [5.41, 5.74) is 4.39. The van der Waals surface area contributed by atoms with Crippen LogP contribution < -0.4 is 10.5 Å². The molecule has 6 nitrogen and oxygen atoms in total. The minimum absolute atomic E-state index is 0.0919. The lowest BCUT2D eigenvalue weighted by Crippen LogP contribution is -2.15. The van der Waals surface area contributed by atoms with Crippen molar-refractivity contribution in [3.8, 4) is 11.8 Å². The Bertz CT molecular complexity index is 1250. The molecule has 0 fully saturated rings. The van der Waals surface area contributed by atoms with Gasteiger partial charge in [0.1, 0.15) is 10.7 Å². The highest BCUT2D eigenvalue weighted by molar-refractivity contribution is 7.92. The number of halogens is 2. The summed E-state index contributed by atoms with van der Waals surface area (Å²) >= 11 is 0. The van der Waals surface area contributed by atoms with Gasteiger partial charge in [-0.1, -0.05) is 24.0 Å². The van der Waals surface area contributed by atoms with Crippen molar-refractivity contribution in [3.05, 3.63) is 89.2 Å². The van der Waals surface area contributed by atoms with E-state index < -0.39 is 38.8 Å². The fourth-order valence-electron chi connectivity index (χ4n) is 2.39. The molecule has 0 saturated carbocycles. The molecular formula is C20H13F2N3O3S. The molecule has 0 saturated heterocycles. The molecule has 0 aliphatic carbocycles. The summed E-state index contributed by atoms with van der Waals surface area (Å²) in [6.07, 6.45) is 2.47. The zero-order chi connectivity index (χ0) is 21.0. The van der Waals surface area contributed by atoms with Gasteiger partial charge in [-0.15, -0.1) is 0 Å². The molecule has 3 aromatic rings. The summed E-state index contributed by atoms with van der Waals surface area (Å²) in [6, 6.07) is 10.6. The smallest absolute Gasteiger partial charge is 0.263 e. The van der Waals surface area contributed by atoms with Gasteiger partial charge in [-0.3, -0.25) is 14.5 Å². The fourth-order valence-corrected chi connectivity index (χ4v) is 3.41. The first-order chi connectivity index (χ1) is 13.8. The van der Waals surface area contributed by atoms with Gasteiger partial charge in [0.25, 0.3) is 10.0 Å². The summed E-state index contributed by atoms with van der Waals surface area (Å²) in [5.74, 6) is 1.88. The summed E-state index contributed by atoms with van der Waals surface area (Å²) in [4.78, 5) is 14.9. The number of rotatable bonds is 4. The molecule has 146 valence electrons. The highest BCUT2D eigenvalue weighted by Crippen LogP contribution is 2.23. The van der Waals surface area contributed by atoms with E-state index >= 15 is 0 Å². The molecule has 1 heterocycles. The predicted molar refractivity (Wildman–Crippen MR) is 102 cm³/mol. The van der Waals surface area contributed by atoms with Crippen LogP contribution in [0.4, 0.5) is 14.5 Å². The molecule has 2 aromatic carbocycles. The van der Waals surface area contributed by atoms with E-state index in [9.17, 15) is 22.0 Å². The van der Waals surface area contributed by atoms with Gasteiger partial charge in [0.05, 0.1) is 16.8 Å². The minimum Gasteiger partial charge on any atom is -0.366 e. The summed E-state index contributed by atoms with van der Waals surface area (Å²) in [5, 5.41) is 0. The van der Waals surface area contributed by atoms with Gasteiger partial charge in [-0.25, -0.2) is 17.2 Å². The molecule has 0 atom stereocenters. The molecule has 0 unspecified atom stereocenters. The molecule has 0 spiro atoms. The number of benzene rings is 2. The molecule has 9 heteroatoms. The van der Waals surface area contributed by atoms with Gasteiger partial charge >= 0.3 is 0 Å². The maximum absolute atomic E-state index is 14.8. The second-order valence-electron chi connectivity index (χ2n) is 5.74. The summed E-state index contributed by atoms with van der Waals surface area (Å²) < 4.78 is 55.6. The van der Waals surface area contributed by atoms with E-state index in [1.54, 1.807) is 12.1 Å². The average Bonchev–Trinajstić information content (AvgIpc) is 2.71. The summed E-state index contributed by atoms with van der Waals surface area (Å²) in [7, 11) is -4.13. The number of nitrogens with two attached hydrogens (primary N) is 1. The first-order valence-corrected chi connectivity index (χ1v) is 9.59. The second-order valence-corrected chi connectivity index (χ2v) is 7.42. The number of carbonyl (C=O) groups excluding carboxylic acids is 1. The Morgan fingerprint density at radius 1 is 1.03 bits per heavy atom. The van der Waals surface area contributed by atoms with E-state index in [4.69, 9.17) is 5.73 Å². The Morgan fingerprint density at radius 2 is 1.79 bits per heavy atom. The number of aromatic nitrogens is 1. The molecule has 3 N–H and O–H groups in total. The van der Waals surface area contributed by atoms with Crippen LogP contribution in [0.25, 0.3) is 0 Å². The zero-order valence-electron chi connectivity index (χ0n) is 14.7. The number of carbonyl (C=O) groups is 1. The van der Waals surface area contributed by atoms with Crippen LogP contribution in [-0.2, 0) is 10.0 Å². The van der Waals surface area contributed by atoms with E-state index in [1.165, 1.54) is 30.5 Å². The van der Waals surface area contributed by atoms with Crippen molar-refractivity contribution in [2.75, 3.05) is 4.72 Å². The van der Waals surface area contributed by atoms with Gasteiger partial charge < -0.3 is 5.73 Å². The van der Waals surface area contributed by atoms with Crippen molar-refractivity contribution < 1.29 is 22.0 Å². The Labute approximate surface area is 165 Å². The Hall–Kier alpha value is -3.77. The normalized spacial score (nSPS) is 10.7. The van der Waals surface area contributed by atoms with Crippen LogP contribution in [0.3, 0.4) is 0 Å². The summed E-state index contributed by atoms with van der Waals surface area (Å²) in [6.45, 7) is 0. The number of sulfonamides is 1. The van der Waals surface area contributed by atoms with Crippen LogP contribution in [0, 0.1) is 23.5 Å². The van der Waals surface area contributed by atoms with E-state index in [1.807, 2.05) is 4.72 Å². The van der Waals surface area contributed by atoms with Gasteiger partial charge in [-0.2, -0.15) is 0 Å². The van der Waals surface area contributed by atoms with Crippen LogP contribution >= 0.6 is 0 Å². The third-order valence-electron chi connectivity index (χ3n) is 3.79. The lowest BCUT2D eigenvalue weighted by Gasteiger charge is -2.10. The number of anilines is 1. The molecule has 1 amide bonds. The number of pyridine rings is 1. The average molecular weight is 413 g/mol. The van der Waals surface area contributed by atoms with Crippen molar-refractivity contribution in [3.63, 3.8) is 0 Å². The number of nitrogens with one attached hydrogen (secondary N) is 1. The largest absolute Gasteiger partial charge is 0.366 e. The Morgan fingerprint density at radius 3 is 2.48 bits per heavy atom. The van der Waals surface area contributed by atoms with E-state index in [0.717, 1.165) is 18.3 Å². The Kier molecular flexibility index (Phi) is 5.57. The molecule has 0 bridgehead atoms. The highest BCUT2D eigenvalue weighted by atomic mass is 32.2. The fraction of sp³-hybridized carbons (Fsp3) is 0. The van der Waals surface area contributed by atoms with Crippen molar-refractivity contribution in [2.24, 2.45) is 5.73 Å². The van der Waals surface area contributed by atoms with Gasteiger partial charge in [0.2, 0.25) is 5.91 Å². The highest BCUT2D eigenvalue weighted by Gasteiger charge is 2.19. The standard InChI is InChI=1S/C20H13F2N3O3S/c21-17-9-10-18(25-29(27,28)14-5-3-11-24-12-14)19(22)16(17)8-7-13-4-1-2-6-15(13)20(23)26/h1-6,9-12,25H,(H2,23,26). The van der Waals surface area contributed by atoms with E-state index in [2.05, 4.69) is 16.8 Å². The number of primary amides is 1.